The number of hydrogen-bond acceptors (Lipinski definition) is 3. The lowest BCUT2D eigenvalue weighted by atomic mass is 10.1. The van der Waals surface area contributed by atoms with E-state index in [4.69, 9.17) is 10.8 Å². The maximum absolute atomic E-state index is 8.80. The zero-order valence-electron chi connectivity index (χ0n) is 7.80. The van der Waals surface area contributed by atoms with Gasteiger partial charge in [0.25, 0.3) is 0 Å². The Labute approximate surface area is 82.0 Å². The molecule has 4 nitrogen and oxygen atoms in total. The van der Waals surface area contributed by atoms with Crippen molar-refractivity contribution in [3.63, 3.8) is 0 Å². The predicted octanol–water partition coefficient (Wildman–Crippen LogP) is 0.716. The second-order valence-corrected chi connectivity index (χ2v) is 3.25. The van der Waals surface area contributed by atoms with Crippen LogP contribution in [0.25, 0.3) is 5.52 Å². The lowest BCUT2D eigenvalue weighted by Crippen LogP contribution is -2.11. The Balaban J connectivity index is 2.42. The molecule has 14 heavy (non-hydrogen) atoms. The largest absolute Gasteiger partial charge is 0.396 e. The normalized spacial score (nSPS) is 13.3. The van der Waals surface area contributed by atoms with Crippen LogP contribution in [0.3, 0.4) is 0 Å². The molecule has 0 aliphatic heterocycles. The van der Waals surface area contributed by atoms with Crippen LogP contribution in [0.15, 0.2) is 30.6 Å². The molecule has 0 amide bonds. The van der Waals surface area contributed by atoms with E-state index in [9.17, 15) is 0 Å². The molecule has 2 aromatic rings. The lowest BCUT2D eigenvalue weighted by molar-refractivity contribution is 0.277. The first-order valence-electron chi connectivity index (χ1n) is 4.61. The van der Waals surface area contributed by atoms with E-state index < -0.39 is 0 Å². The van der Waals surface area contributed by atoms with E-state index in [0.717, 1.165) is 11.1 Å². The topological polar surface area (TPSA) is 63.5 Å². The number of aliphatic hydroxyl groups excluding tert-OH is 1. The number of rotatable bonds is 3. The molecular weight excluding hydrogens is 178 g/mol. The second kappa shape index (κ2) is 3.77. The molecule has 0 fully saturated rings. The fourth-order valence-electron chi connectivity index (χ4n) is 1.53. The average Bonchev–Trinajstić information content (AvgIpc) is 2.61. The monoisotopic (exact) mass is 191 g/mol. The minimum absolute atomic E-state index is 0.103. The summed E-state index contributed by atoms with van der Waals surface area (Å²) in [4.78, 5) is 0. The molecule has 0 aliphatic carbocycles. The highest BCUT2D eigenvalue weighted by Gasteiger charge is 2.10. The van der Waals surface area contributed by atoms with Crippen LogP contribution in [-0.4, -0.2) is 21.3 Å². The Morgan fingerprint density at radius 2 is 2.36 bits per heavy atom. The number of fused-ring (bicyclic) bond motifs is 1. The van der Waals surface area contributed by atoms with Crippen LogP contribution in [-0.2, 0) is 0 Å². The molecule has 0 aromatic carbocycles. The van der Waals surface area contributed by atoms with Gasteiger partial charge in [0, 0.05) is 24.4 Å². The van der Waals surface area contributed by atoms with Crippen molar-refractivity contribution in [2.45, 2.75) is 12.5 Å². The van der Waals surface area contributed by atoms with Gasteiger partial charge >= 0.3 is 0 Å². The Morgan fingerprint density at radius 1 is 1.50 bits per heavy atom. The summed E-state index contributed by atoms with van der Waals surface area (Å²) < 4.78 is 1.78. The van der Waals surface area contributed by atoms with Gasteiger partial charge in [0.1, 0.15) is 0 Å². The maximum Gasteiger partial charge on any atom is 0.0709 e. The van der Waals surface area contributed by atoms with Crippen LogP contribution in [0, 0.1) is 0 Å². The van der Waals surface area contributed by atoms with E-state index in [1.807, 2.05) is 24.4 Å². The molecule has 2 heterocycles. The van der Waals surface area contributed by atoms with Gasteiger partial charge in [-0.1, -0.05) is 6.07 Å². The SMILES string of the molecule is NC(CCO)c1cnn2ccccc12. The maximum atomic E-state index is 8.80. The summed E-state index contributed by atoms with van der Waals surface area (Å²) in [5.74, 6) is 0. The quantitative estimate of drug-likeness (QED) is 0.751. The number of aromatic nitrogens is 2. The van der Waals surface area contributed by atoms with Crippen LogP contribution in [0.4, 0.5) is 0 Å². The lowest BCUT2D eigenvalue weighted by Gasteiger charge is -2.07. The molecule has 0 radical (unpaired) electrons. The van der Waals surface area contributed by atoms with Gasteiger partial charge in [0.05, 0.1) is 11.7 Å². The summed E-state index contributed by atoms with van der Waals surface area (Å²) >= 11 is 0. The van der Waals surface area contributed by atoms with E-state index in [1.54, 1.807) is 10.7 Å². The van der Waals surface area contributed by atoms with Crippen molar-refractivity contribution >= 4 is 5.52 Å². The Hall–Kier alpha value is -1.39. The van der Waals surface area contributed by atoms with Crippen molar-refractivity contribution in [2.24, 2.45) is 5.73 Å². The predicted molar refractivity (Wildman–Crippen MR) is 53.8 cm³/mol. The molecule has 4 heteroatoms. The van der Waals surface area contributed by atoms with E-state index in [0.29, 0.717) is 6.42 Å². The fraction of sp³-hybridized carbons (Fsp3) is 0.300. The number of aliphatic hydroxyl groups is 1. The third-order valence-electron chi connectivity index (χ3n) is 2.30. The molecule has 2 rings (SSSR count). The van der Waals surface area contributed by atoms with Crippen molar-refractivity contribution in [1.82, 2.24) is 9.61 Å². The summed E-state index contributed by atoms with van der Waals surface area (Å²) in [6, 6.07) is 5.70. The summed E-state index contributed by atoms with van der Waals surface area (Å²) in [5, 5.41) is 13.0. The number of pyridine rings is 1. The van der Waals surface area contributed by atoms with Crippen molar-refractivity contribution < 1.29 is 5.11 Å². The van der Waals surface area contributed by atoms with E-state index in [-0.39, 0.29) is 12.6 Å². The number of hydrogen-bond donors (Lipinski definition) is 2. The van der Waals surface area contributed by atoms with E-state index in [2.05, 4.69) is 5.10 Å². The molecule has 74 valence electrons. The van der Waals surface area contributed by atoms with Gasteiger partial charge in [-0.2, -0.15) is 5.10 Å². The summed E-state index contributed by atoms with van der Waals surface area (Å²) in [6.45, 7) is 0.103. The number of nitrogens with two attached hydrogens (primary N) is 1. The van der Waals surface area contributed by atoms with E-state index in [1.165, 1.54) is 0 Å². The van der Waals surface area contributed by atoms with Crippen molar-refractivity contribution in [3.8, 4) is 0 Å². The van der Waals surface area contributed by atoms with Gasteiger partial charge in [-0.05, 0) is 18.6 Å². The first-order valence-corrected chi connectivity index (χ1v) is 4.61. The zero-order valence-corrected chi connectivity index (χ0v) is 7.80. The molecule has 0 spiro atoms. The van der Waals surface area contributed by atoms with Crippen LogP contribution in [0.1, 0.15) is 18.0 Å². The third kappa shape index (κ3) is 1.49. The van der Waals surface area contributed by atoms with Gasteiger partial charge < -0.3 is 10.8 Å². The first kappa shape index (κ1) is 9.18. The molecule has 0 saturated heterocycles. The molecular formula is C10H13N3O. The average molecular weight is 191 g/mol. The molecule has 1 unspecified atom stereocenters. The minimum atomic E-state index is -0.139. The first-order chi connectivity index (χ1) is 6.83. The molecule has 0 aliphatic rings. The Kier molecular flexibility index (Phi) is 2.47. The summed E-state index contributed by atoms with van der Waals surface area (Å²) in [6.07, 6.45) is 4.20. The van der Waals surface area contributed by atoms with Gasteiger partial charge in [-0.15, -0.1) is 0 Å². The van der Waals surface area contributed by atoms with Crippen LogP contribution in [0.2, 0.25) is 0 Å². The zero-order chi connectivity index (χ0) is 9.97. The highest BCUT2D eigenvalue weighted by Crippen LogP contribution is 2.18. The van der Waals surface area contributed by atoms with Crippen molar-refractivity contribution in [2.75, 3.05) is 6.61 Å². The van der Waals surface area contributed by atoms with Crippen LogP contribution < -0.4 is 5.73 Å². The van der Waals surface area contributed by atoms with Crippen molar-refractivity contribution in [3.05, 3.63) is 36.2 Å². The van der Waals surface area contributed by atoms with Gasteiger partial charge in [-0.25, -0.2) is 4.52 Å². The smallest absolute Gasteiger partial charge is 0.0709 e. The molecule has 0 bridgehead atoms. The van der Waals surface area contributed by atoms with E-state index >= 15 is 0 Å². The summed E-state index contributed by atoms with van der Waals surface area (Å²) in [5.41, 5.74) is 7.90. The summed E-state index contributed by atoms with van der Waals surface area (Å²) in [7, 11) is 0. The minimum Gasteiger partial charge on any atom is -0.396 e. The van der Waals surface area contributed by atoms with Gasteiger partial charge in [0.15, 0.2) is 0 Å². The Morgan fingerprint density at radius 3 is 3.14 bits per heavy atom. The van der Waals surface area contributed by atoms with Gasteiger partial charge in [0.2, 0.25) is 0 Å². The fourth-order valence-corrected chi connectivity index (χ4v) is 1.53. The van der Waals surface area contributed by atoms with Gasteiger partial charge in [-0.3, -0.25) is 0 Å². The second-order valence-electron chi connectivity index (χ2n) is 3.25. The molecule has 2 aromatic heterocycles. The highest BCUT2D eigenvalue weighted by atomic mass is 16.3. The molecule has 3 N–H and O–H groups in total. The molecule has 0 saturated carbocycles. The molecule has 1 atom stereocenters. The van der Waals surface area contributed by atoms with Crippen molar-refractivity contribution in [1.29, 1.82) is 0 Å². The standard InChI is InChI=1S/C10H13N3O/c11-9(4-6-14)8-7-12-13-5-2-1-3-10(8)13/h1-3,5,7,9,14H,4,6,11H2. The third-order valence-corrected chi connectivity index (χ3v) is 2.30. The number of nitrogens with zero attached hydrogens (tertiary/aromatic N) is 2. The Bertz CT molecular complexity index is 424. The van der Waals surface area contributed by atoms with Crippen LogP contribution >= 0.6 is 0 Å². The van der Waals surface area contributed by atoms with Crippen LogP contribution in [0.5, 0.6) is 0 Å². The highest BCUT2D eigenvalue weighted by molar-refractivity contribution is 5.54.